The molecule has 2 heterocycles. The van der Waals surface area contributed by atoms with E-state index in [4.69, 9.17) is 0 Å². The van der Waals surface area contributed by atoms with Crippen molar-refractivity contribution in [2.45, 2.75) is 6.92 Å². The Labute approximate surface area is 120 Å². The van der Waals surface area contributed by atoms with Crippen LogP contribution in [0.1, 0.15) is 5.69 Å². The highest BCUT2D eigenvalue weighted by molar-refractivity contribution is 7.07. The molecular formula is C15H13N3OS. The molecule has 0 saturated carbocycles. The summed E-state index contributed by atoms with van der Waals surface area (Å²) in [4.78, 5) is 9.33. The molecule has 1 aromatic carbocycles. The second-order valence-electron chi connectivity index (χ2n) is 4.29. The summed E-state index contributed by atoms with van der Waals surface area (Å²) in [5, 5.41) is 11.8. The Kier molecular flexibility index (Phi) is 3.35. The molecule has 0 fully saturated rings. The highest BCUT2D eigenvalue weighted by Gasteiger charge is 2.05. The summed E-state index contributed by atoms with van der Waals surface area (Å²) in [6, 6.07) is 13.3. The zero-order valence-electron chi connectivity index (χ0n) is 10.9. The van der Waals surface area contributed by atoms with Crippen LogP contribution < -0.4 is 4.80 Å². The lowest BCUT2D eigenvalue weighted by Crippen LogP contribution is -2.13. The summed E-state index contributed by atoms with van der Waals surface area (Å²) in [6.07, 6.45) is 1.62. The van der Waals surface area contributed by atoms with Gasteiger partial charge in [0.1, 0.15) is 0 Å². The van der Waals surface area contributed by atoms with E-state index in [0.717, 1.165) is 16.2 Å². The van der Waals surface area contributed by atoms with E-state index in [-0.39, 0.29) is 5.75 Å². The Morgan fingerprint density at radius 3 is 2.70 bits per heavy atom. The number of benzene rings is 1. The Balaban J connectivity index is 2.20. The molecule has 0 aliphatic carbocycles. The van der Waals surface area contributed by atoms with Crippen molar-refractivity contribution in [2.24, 2.45) is 4.99 Å². The van der Waals surface area contributed by atoms with Gasteiger partial charge in [0, 0.05) is 23.0 Å². The van der Waals surface area contributed by atoms with Crippen molar-refractivity contribution in [3.63, 3.8) is 0 Å². The van der Waals surface area contributed by atoms with Crippen LogP contribution in [0, 0.1) is 6.92 Å². The average Bonchev–Trinajstić information content (AvgIpc) is 2.83. The van der Waals surface area contributed by atoms with Crippen molar-refractivity contribution >= 4 is 17.2 Å². The second kappa shape index (κ2) is 5.30. The summed E-state index contributed by atoms with van der Waals surface area (Å²) in [5.74, 6) is 0.414. The van der Waals surface area contributed by atoms with Crippen molar-refractivity contribution in [3.05, 3.63) is 64.5 Å². The lowest BCUT2D eigenvalue weighted by molar-refractivity contribution is 0.474. The van der Waals surface area contributed by atoms with Crippen LogP contribution in [0.5, 0.6) is 5.75 Å². The minimum absolute atomic E-state index is 0.0816. The van der Waals surface area contributed by atoms with Crippen molar-refractivity contribution < 1.29 is 5.11 Å². The topological polar surface area (TPSA) is 50.4 Å². The number of pyridine rings is 1. The molecule has 4 nitrogen and oxygen atoms in total. The van der Waals surface area contributed by atoms with E-state index in [1.807, 2.05) is 47.2 Å². The van der Waals surface area contributed by atoms with E-state index in [1.54, 1.807) is 18.3 Å². The van der Waals surface area contributed by atoms with Crippen LogP contribution in [0.25, 0.3) is 5.69 Å². The first-order valence-corrected chi connectivity index (χ1v) is 7.05. The van der Waals surface area contributed by atoms with Gasteiger partial charge in [-0.15, -0.1) is 11.3 Å². The Morgan fingerprint density at radius 1 is 1.15 bits per heavy atom. The molecule has 2 aromatic heterocycles. The zero-order chi connectivity index (χ0) is 13.9. The smallest absolute Gasteiger partial charge is 0.197 e. The number of thiazole rings is 1. The Bertz CT molecular complexity index is 790. The van der Waals surface area contributed by atoms with E-state index in [2.05, 4.69) is 9.98 Å². The van der Waals surface area contributed by atoms with Crippen LogP contribution in [0.15, 0.2) is 59.0 Å². The van der Waals surface area contributed by atoms with Gasteiger partial charge in [0.2, 0.25) is 0 Å². The highest BCUT2D eigenvalue weighted by Crippen LogP contribution is 2.21. The minimum atomic E-state index is 0.0816. The maximum atomic E-state index is 9.78. The average molecular weight is 283 g/mol. The van der Waals surface area contributed by atoms with Gasteiger partial charge in [-0.05, 0) is 31.2 Å². The first kappa shape index (κ1) is 12.6. The number of para-hydroxylation sites is 1. The largest absolute Gasteiger partial charge is 0.504 e. The second-order valence-corrected chi connectivity index (χ2v) is 5.13. The number of hydrogen-bond donors (Lipinski definition) is 1. The monoisotopic (exact) mass is 283 g/mol. The van der Waals surface area contributed by atoms with E-state index < -0.39 is 0 Å². The molecule has 0 bridgehead atoms. The van der Waals surface area contributed by atoms with Crippen LogP contribution in [0.3, 0.4) is 0 Å². The standard InChI is InChI=1S/C15H13N3OS/c1-11-10-20-15(17-14-13(19)8-5-9-16-14)18(11)12-6-3-2-4-7-12/h2-10,19H,1H3/b17-15-. The summed E-state index contributed by atoms with van der Waals surface area (Å²) in [5.41, 5.74) is 2.13. The zero-order valence-corrected chi connectivity index (χ0v) is 11.7. The third-order valence-electron chi connectivity index (χ3n) is 2.86. The molecule has 0 atom stereocenters. The third kappa shape index (κ3) is 2.35. The molecule has 0 aliphatic rings. The maximum Gasteiger partial charge on any atom is 0.197 e. The van der Waals surface area contributed by atoms with Crippen molar-refractivity contribution in [1.29, 1.82) is 0 Å². The van der Waals surface area contributed by atoms with Gasteiger partial charge in [0.25, 0.3) is 0 Å². The summed E-state index contributed by atoms with van der Waals surface area (Å²) < 4.78 is 2.04. The first-order valence-electron chi connectivity index (χ1n) is 6.17. The quantitative estimate of drug-likeness (QED) is 0.785. The van der Waals surface area contributed by atoms with Gasteiger partial charge in [0.05, 0.1) is 0 Å². The molecule has 5 heteroatoms. The molecule has 0 unspecified atom stereocenters. The molecule has 20 heavy (non-hydrogen) atoms. The van der Waals surface area contributed by atoms with E-state index >= 15 is 0 Å². The number of aryl methyl sites for hydroxylation is 1. The molecule has 3 rings (SSSR count). The van der Waals surface area contributed by atoms with Gasteiger partial charge in [-0.1, -0.05) is 18.2 Å². The summed E-state index contributed by atoms with van der Waals surface area (Å²) in [6.45, 7) is 2.03. The fourth-order valence-corrected chi connectivity index (χ4v) is 2.80. The fourth-order valence-electron chi connectivity index (χ4n) is 1.93. The number of aromatic nitrogens is 2. The van der Waals surface area contributed by atoms with Crippen LogP contribution in [-0.2, 0) is 0 Å². The highest BCUT2D eigenvalue weighted by atomic mass is 32.1. The van der Waals surface area contributed by atoms with Crippen LogP contribution in [0.2, 0.25) is 0 Å². The third-order valence-corrected chi connectivity index (χ3v) is 3.80. The lowest BCUT2D eigenvalue weighted by atomic mass is 10.3. The SMILES string of the molecule is Cc1cs/c(=N\c2ncccc2O)n1-c1ccccc1. The Morgan fingerprint density at radius 2 is 1.95 bits per heavy atom. The van der Waals surface area contributed by atoms with Crippen molar-refractivity contribution in [1.82, 2.24) is 9.55 Å². The fraction of sp³-hybridized carbons (Fsp3) is 0.0667. The van der Waals surface area contributed by atoms with Gasteiger partial charge < -0.3 is 5.11 Å². The van der Waals surface area contributed by atoms with Crippen molar-refractivity contribution in [2.75, 3.05) is 0 Å². The van der Waals surface area contributed by atoms with Gasteiger partial charge in [-0.25, -0.2) is 4.98 Å². The summed E-state index contributed by atoms with van der Waals surface area (Å²) in [7, 11) is 0. The van der Waals surface area contributed by atoms with E-state index in [9.17, 15) is 5.11 Å². The Hall–Kier alpha value is -2.40. The van der Waals surface area contributed by atoms with Crippen LogP contribution in [0.4, 0.5) is 5.82 Å². The van der Waals surface area contributed by atoms with Gasteiger partial charge in [0.15, 0.2) is 16.4 Å². The van der Waals surface area contributed by atoms with Crippen LogP contribution >= 0.6 is 11.3 Å². The summed E-state index contributed by atoms with van der Waals surface area (Å²) >= 11 is 1.52. The first-order chi connectivity index (χ1) is 9.75. The number of aromatic hydroxyl groups is 1. The lowest BCUT2D eigenvalue weighted by Gasteiger charge is -2.05. The number of rotatable bonds is 2. The molecule has 0 spiro atoms. The predicted molar refractivity (Wildman–Crippen MR) is 79.5 cm³/mol. The molecule has 0 saturated heterocycles. The predicted octanol–water partition coefficient (Wildman–Crippen LogP) is 3.18. The normalized spacial score (nSPS) is 11.8. The molecule has 0 aliphatic heterocycles. The van der Waals surface area contributed by atoms with Gasteiger partial charge in [-0.3, -0.25) is 4.57 Å². The maximum absolute atomic E-state index is 9.78. The molecule has 0 radical (unpaired) electrons. The van der Waals surface area contributed by atoms with Crippen molar-refractivity contribution in [3.8, 4) is 11.4 Å². The molecule has 100 valence electrons. The van der Waals surface area contributed by atoms with E-state index in [0.29, 0.717) is 5.82 Å². The number of nitrogens with zero attached hydrogens (tertiary/aromatic N) is 3. The van der Waals surface area contributed by atoms with Crippen LogP contribution in [-0.4, -0.2) is 14.7 Å². The molecular weight excluding hydrogens is 270 g/mol. The van der Waals surface area contributed by atoms with Gasteiger partial charge >= 0.3 is 0 Å². The molecule has 0 amide bonds. The van der Waals surface area contributed by atoms with Gasteiger partial charge in [-0.2, -0.15) is 4.99 Å². The molecule has 3 aromatic rings. The number of hydrogen-bond acceptors (Lipinski definition) is 4. The van der Waals surface area contributed by atoms with E-state index in [1.165, 1.54) is 11.3 Å². The minimum Gasteiger partial charge on any atom is -0.504 e. The molecule has 1 N–H and O–H groups in total.